The largest absolute Gasteiger partial charge is 0.352 e. The van der Waals surface area contributed by atoms with Crippen LogP contribution < -0.4 is 5.32 Å². The highest BCUT2D eigenvalue weighted by Gasteiger charge is 2.15. The lowest BCUT2D eigenvalue weighted by atomic mass is 10.1. The molecule has 1 amide bonds. The fourth-order valence-electron chi connectivity index (χ4n) is 4.30. The molecule has 178 valence electrons. The Hall–Kier alpha value is -4.86. The number of aromatic amines is 2. The van der Waals surface area contributed by atoms with Crippen molar-refractivity contribution in [1.29, 1.82) is 0 Å². The normalized spacial score (nSPS) is 11.4. The van der Waals surface area contributed by atoms with Crippen molar-refractivity contribution in [2.75, 3.05) is 5.32 Å². The molecule has 0 spiro atoms. The van der Waals surface area contributed by atoms with E-state index in [-0.39, 0.29) is 5.91 Å². The van der Waals surface area contributed by atoms with E-state index in [1.54, 1.807) is 31.1 Å². The number of carbonyl (C=O) groups is 1. The minimum atomic E-state index is -0.0319. The van der Waals surface area contributed by atoms with Crippen molar-refractivity contribution < 1.29 is 4.79 Å². The molecular weight excluding hydrogens is 454 g/mol. The standard InChI is InChI=1S/C26H23N9O/c1-3-4-25(36)31-17-5-16(8-27-9-17)20-7-19-23(11-29-20)33-34-26(19)21-6-18-22(32-21)10-28-12-24(18)35-13-15(2)30-14-35/h5-14,32H,3-4H2,1-2H3,(H,31,36)(H,33,34). The van der Waals surface area contributed by atoms with E-state index in [2.05, 4.69) is 46.5 Å². The van der Waals surface area contributed by atoms with Gasteiger partial charge in [-0.2, -0.15) is 5.10 Å². The number of hydrogen-bond donors (Lipinski definition) is 3. The van der Waals surface area contributed by atoms with Gasteiger partial charge in [0.1, 0.15) is 5.69 Å². The summed E-state index contributed by atoms with van der Waals surface area (Å²) in [6.45, 7) is 3.93. The summed E-state index contributed by atoms with van der Waals surface area (Å²) < 4.78 is 1.96. The van der Waals surface area contributed by atoms with Gasteiger partial charge in [0, 0.05) is 35.2 Å². The summed E-state index contributed by atoms with van der Waals surface area (Å²) in [7, 11) is 0. The summed E-state index contributed by atoms with van der Waals surface area (Å²) in [6, 6.07) is 5.93. The molecule has 6 aromatic heterocycles. The molecule has 0 radical (unpaired) electrons. The second-order valence-corrected chi connectivity index (χ2v) is 8.67. The second kappa shape index (κ2) is 8.73. The van der Waals surface area contributed by atoms with Crippen LogP contribution in [0.15, 0.2) is 61.7 Å². The first kappa shape index (κ1) is 21.7. The zero-order valence-corrected chi connectivity index (χ0v) is 19.8. The average Bonchev–Trinajstić information content (AvgIpc) is 3.61. The molecule has 0 saturated carbocycles. The number of anilines is 1. The van der Waals surface area contributed by atoms with E-state index in [9.17, 15) is 4.79 Å². The number of fused-ring (bicyclic) bond motifs is 2. The number of pyridine rings is 3. The lowest BCUT2D eigenvalue weighted by Crippen LogP contribution is -2.10. The molecule has 10 heteroatoms. The van der Waals surface area contributed by atoms with Crippen LogP contribution in [0.2, 0.25) is 0 Å². The lowest BCUT2D eigenvalue weighted by Gasteiger charge is -2.06. The third-order valence-corrected chi connectivity index (χ3v) is 6.01. The summed E-state index contributed by atoms with van der Waals surface area (Å²) in [6.07, 6.45) is 13.8. The maximum Gasteiger partial charge on any atom is 0.224 e. The van der Waals surface area contributed by atoms with Crippen LogP contribution in [-0.2, 0) is 4.79 Å². The summed E-state index contributed by atoms with van der Waals surface area (Å²) in [5.41, 5.74) is 7.40. The molecule has 0 aromatic carbocycles. The van der Waals surface area contributed by atoms with Gasteiger partial charge >= 0.3 is 0 Å². The van der Waals surface area contributed by atoms with Gasteiger partial charge in [-0.05, 0) is 31.5 Å². The first-order valence-electron chi connectivity index (χ1n) is 11.7. The number of nitrogens with one attached hydrogen (secondary N) is 3. The SMILES string of the molecule is CCCC(=O)Nc1cncc(-c2cc3c(-c4cc5c(-n6cnc(C)c6)cncc5[nH]4)n[nH]c3cn2)c1. The van der Waals surface area contributed by atoms with Gasteiger partial charge in [0.15, 0.2) is 0 Å². The number of amides is 1. The van der Waals surface area contributed by atoms with Crippen LogP contribution in [-0.4, -0.2) is 45.6 Å². The number of rotatable bonds is 6. The maximum atomic E-state index is 12.0. The van der Waals surface area contributed by atoms with Crippen LogP contribution in [0.3, 0.4) is 0 Å². The molecule has 6 aromatic rings. The van der Waals surface area contributed by atoms with Crippen LogP contribution in [0.5, 0.6) is 0 Å². The molecule has 0 aliphatic rings. The second-order valence-electron chi connectivity index (χ2n) is 8.67. The predicted octanol–water partition coefficient (Wildman–Crippen LogP) is 4.80. The molecule has 0 atom stereocenters. The van der Waals surface area contributed by atoms with E-state index in [1.807, 2.05) is 42.9 Å². The lowest BCUT2D eigenvalue weighted by molar-refractivity contribution is -0.116. The Morgan fingerprint density at radius 3 is 2.72 bits per heavy atom. The van der Waals surface area contributed by atoms with Gasteiger partial charge in [-0.15, -0.1) is 0 Å². The average molecular weight is 478 g/mol. The van der Waals surface area contributed by atoms with Crippen molar-refractivity contribution >= 4 is 33.4 Å². The molecule has 0 fully saturated rings. The number of nitrogens with zero attached hydrogens (tertiary/aromatic N) is 6. The quantitative estimate of drug-likeness (QED) is 0.316. The smallest absolute Gasteiger partial charge is 0.224 e. The first-order valence-corrected chi connectivity index (χ1v) is 11.7. The van der Waals surface area contributed by atoms with E-state index < -0.39 is 0 Å². The van der Waals surface area contributed by atoms with Gasteiger partial charge < -0.3 is 14.9 Å². The Morgan fingerprint density at radius 2 is 1.89 bits per heavy atom. The van der Waals surface area contributed by atoms with Gasteiger partial charge in [-0.25, -0.2) is 4.98 Å². The summed E-state index contributed by atoms with van der Waals surface area (Å²) in [5.74, 6) is -0.0319. The Labute approximate surface area is 205 Å². The minimum Gasteiger partial charge on any atom is -0.352 e. The third-order valence-electron chi connectivity index (χ3n) is 6.01. The zero-order valence-electron chi connectivity index (χ0n) is 19.8. The molecule has 0 unspecified atom stereocenters. The van der Waals surface area contributed by atoms with Crippen LogP contribution in [0.4, 0.5) is 5.69 Å². The van der Waals surface area contributed by atoms with Crippen molar-refractivity contribution in [3.8, 4) is 28.3 Å². The maximum absolute atomic E-state index is 12.0. The molecule has 0 bridgehead atoms. The Kier molecular flexibility index (Phi) is 5.25. The van der Waals surface area contributed by atoms with Gasteiger partial charge in [0.05, 0.1) is 70.6 Å². The summed E-state index contributed by atoms with van der Waals surface area (Å²) in [5, 5.41) is 12.5. The fraction of sp³-hybridized carbons (Fsp3) is 0.154. The molecule has 6 rings (SSSR count). The minimum absolute atomic E-state index is 0.0319. The summed E-state index contributed by atoms with van der Waals surface area (Å²) in [4.78, 5) is 33.1. The van der Waals surface area contributed by atoms with Gasteiger partial charge in [-0.1, -0.05) is 6.92 Å². The van der Waals surface area contributed by atoms with Crippen molar-refractivity contribution in [2.45, 2.75) is 26.7 Å². The molecule has 36 heavy (non-hydrogen) atoms. The first-order chi connectivity index (χ1) is 17.6. The number of aromatic nitrogens is 8. The fourth-order valence-corrected chi connectivity index (χ4v) is 4.30. The van der Waals surface area contributed by atoms with Crippen molar-refractivity contribution in [3.05, 3.63) is 67.4 Å². The predicted molar refractivity (Wildman–Crippen MR) is 138 cm³/mol. The molecule has 6 heterocycles. The molecule has 0 aliphatic heterocycles. The molecule has 10 nitrogen and oxygen atoms in total. The molecule has 0 aliphatic carbocycles. The Morgan fingerprint density at radius 1 is 1.00 bits per heavy atom. The Bertz CT molecular complexity index is 1730. The number of carbonyl (C=O) groups excluding carboxylic acids is 1. The van der Waals surface area contributed by atoms with E-state index in [1.165, 1.54) is 0 Å². The number of H-pyrrole nitrogens is 2. The van der Waals surface area contributed by atoms with Crippen LogP contribution in [0.25, 0.3) is 50.1 Å². The van der Waals surface area contributed by atoms with Crippen LogP contribution in [0, 0.1) is 6.92 Å². The number of hydrogen-bond acceptors (Lipinski definition) is 6. The van der Waals surface area contributed by atoms with Crippen molar-refractivity contribution in [3.63, 3.8) is 0 Å². The van der Waals surface area contributed by atoms with E-state index in [0.717, 1.165) is 62.3 Å². The van der Waals surface area contributed by atoms with E-state index in [4.69, 9.17) is 0 Å². The highest BCUT2D eigenvalue weighted by atomic mass is 16.1. The Balaban J connectivity index is 1.40. The monoisotopic (exact) mass is 477 g/mol. The molecule has 0 saturated heterocycles. The van der Waals surface area contributed by atoms with Crippen molar-refractivity contribution in [1.82, 2.24) is 39.7 Å². The van der Waals surface area contributed by atoms with Crippen molar-refractivity contribution in [2.24, 2.45) is 0 Å². The topological polar surface area (TPSA) is 130 Å². The van der Waals surface area contributed by atoms with Gasteiger partial charge in [0.2, 0.25) is 5.91 Å². The number of aryl methyl sites for hydroxylation is 1. The highest BCUT2D eigenvalue weighted by Crippen LogP contribution is 2.32. The van der Waals surface area contributed by atoms with Crippen LogP contribution >= 0.6 is 0 Å². The molecule has 3 N–H and O–H groups in total. The highest BCUT2D eigenvalue weighted by molar-refractivity contribution is 5.98. The van der Waals surface area contributed by atoms with E-state index >= 15 is 0 Å². The van der Waals surface area contributed by atoms with E-state index in [0.29, 0.717) is 12.1 Å². The molecular formula is C26H23N9O. The van der Waals surface area contributed by atoms with Crippen LogP contribution in [0.1, 0.15) is 25.5 Å². The summed E-state index contributed by atoms with van der Waals surface area (Å²) >= 11 is 0. The number of imidazole rings is 1. The van der Waals surface area contributed by atoms with Gasteiger partial charge in [-0.3, -0.25) is 24.8 Å². The third kappa shape index (κ3) is 3.88. The van der Waals surface area contributed by atoms with Gasteiger partial charge in [0.25, 0.3) is 0 Å². The zero-order chi connectivity index (χ0) is 24.6.